The molecule has 1 aromatic rings. The molecule has 3 N–H and O–H groups in total. The molecule has 146 valence electrons. The largest absolute Gasteiger partial charge is 0.459 e. The van der Waals surface area contributed by atoms with E-state index in [0.29, 0.717) is 6.42 Å². The van der Waals surface area contributed by atoms with Crippen molar-refractivity contribution in [2.45, 2.75) is 57.4 Å². The third-order valence-electron chi connectivity index (χ3n) is 3.72. The maximum absolute atomic E-state index is 14.1. The molecule has 0 spiro atoms. The predicted octanol–water partition coefficient (Wildman–Crippen LogP) is 2.14. The molecule has 0 bridgehead atoms. The monoisotopic (exact) mass is 392 g/mol. The molecule has 0 aliphatic heterocycles. The first-order valence-corrected chi connectivity index (χ1v) is 8.55. The molecule has 6 nitrogen and oxygen atoms in total. The van der Waals surface area contributed by atoms with Crippen molar-refractivity contribution in [3.05, 3.63) is 35.9 Å². The second kappa shape index (κ2) is 10.4. The van der Waals surface area contributed by atoms with E-state index in [-0.39, 0.29) is 13.0 Å². The van der Waals surface area contributed by atoms with Crippen LogP contribution in [-0.2, 0) is 20.9 Å². The number of hydrogen-bond acceptors (Lipinski definition) is 5. The number of aliphatic hydroxyl groups excluding tert-OH is 1. The van der Waals surface area contributed by atoms with Crippen LogP contribution in [0.2, 0.25) is 0 Å². The maximum atomic E-state index is 14.1. The van der Waals surface area contributed by atoms with Gasteiger partial charge in [0, 0.05) is 0 Å². The molecule has 1 unspecified atom stereocenters. The zero-order valence-corrected chi connectivity index (χ0v) is 15.3. The number of alkyl halides is 2. The molecule has 9 heteroatoms. The molecule has 0 aliphatic carbocycles. The Morgan fingerprint density at radius 1 is 1.31 bits per heavy atom. The van der Waals surface area contributed by atoms with Gasteiger partial charge in [-0.15, -0.1) is 0 Å². The van der Waals surface area contributed by atoms with Crippen molar-refractivity contribution >= 4 is 23.7 Å². The van der Waals surface area contributed by atoms with Crippen molar-refractivity contribution in [1.82, 2.24) is 10.2 Å². The summed E-state index contributed by atoms with van der Waals surface area (Å²) in [4.78, 5) is 25.7. The van der Waals surface area contributed by atoms with E-state index in [1.165, 1.54) is 6.92 Å². The van der Waals surface area contributed by atoms with E-state index in [4.69, 9.17) is 16.5 Å². The van der Waals surface area contributed by atoms with Crippen LogP contribution in [0.3, 0.4) is 0 Å². The van der Waals surface area contributed by atoms with Crippen LogP contribution in [0.15, 0.2) is 30.3 Å². The van der Waals surface area contributed by atoms with E-state index < -0.39 is 36.0 Å². The Morgan fingerprint density at radius 3 is 2.46 bits per heavy atom. The minimum absolute atomic E-state index is 0.0480. The Kier molecular flexibility index (Phi) is 8.91. The van der Waals surface area contributed by atoms with E-state index in [1.807, 2.05) is 10.2 Å². The maximum Gasteiger partial charge on any atom is 0.351 e. The van der Waals surface area contributed by atoms with Gasteiger partial charge in [0.05, 0.1) is 6.04 Å². The van der Waals surface area contributed by atoms with Gasteiger partial charge < -0.3 is 15.2 Å². The Balaban J connectivity index is 2.61. The summed E-state index contributed by atoms with van der Waals surface area (Å²) < 4.78 is 33.2. The summed E-state index contributed by atoms with van der Waals surface area (Å²) in [5.74, 6) is -6.77. The van der Waals surface area contributed by atoms with Gasteiger partial charge in [0.25, 0.3) is 5.91 Å². The first-order chi connectivity index (χ1) is 12.2. The Hall–Kier alpha value is -1.77. The average Bonchev–Trinajstić information content (AvgIpc) is 2.64. The summed E-state index contributed by atoms with van der Waals surface area (Å²) in [6.45, 7) is 2.89. The number of nitrogens with one attached hydrogen (secondary N) is 2. The minimum Gasteiger partial charge on any atom is -0.459 e. The second-order valence-electron chi connectivity index (χ2n) is 5.86. The zero-order valence-electron chi connectivity index (χ0n) is 14.5. The molecule has 1 amide bonds. The molecule has 26 heavy (non-hydrogen) atoms. The molecule has 0 saturated carbocycles. The fraction of sp³-hybridized carbons (Fsp3) is 0.529. The van der Waals surface area contributed by atoms with Gasteiger partial charge in [0.2, 0.25) is 0 Å². The lowest BCUT2D eigenvalue weighted by Gasteiger charge is -2.28. The lowest BCUT2D eigenvalue weighted by atomic mass is 10.0. The van der Waals surface area contributed by atoms with Gasteiger partial charge in [0.15, 0.2) is 0 Å². The summed E-state index contributed by atoms with van der Waals surface area (Å²) in [5.41, 5.74) is 0.718. The van der Waals surface area contributed by atoms with Gasteiger partial charge in [-0.25, -0.2) is 9.63 Å². The summed E-state index contributed by atoms with van der Waals surface area (Å²) in [6, 6.07) is 6.29. The van der Waals surface area contributed by atoms with E-state index in [0.717, 1.165) is 5.56 Å². The molecule has 0 aromatic heterocycles. The van der Waals surface area contributed by atoms with Crippen molar-refractivity contribution in [1.29, 1.82) is 0 Å². The van der Waals surface area contributed by atoms with Crippen LogP contribution in [0.25, 0.3) is 0 Å². The lowest BCUT2D eigenvalue weighted by molar-refractivity contribution is -0.169. The highest BCUT2D eigenvalue weighted by Gasteiger charge is 2.50. The highest BCUT2D eigenvalue weighted by molar-refractivity contribution is 6.13. The van der Waals surface area contributed by atoms with Crippen molar-refractivity contribution in [3.63, 3.8) is 0 Å². The molecule has 0 heterocycles. The van der Waals surface area contributed by atoms with Crippen LogP contribution >= 0.6 is 11.8 Å². The van der Waals surface area contributed by atoms with Crippen LogP contribution in [0.1, 0.15) is 32.3 Å². The van der Waals surface area contributed by atoms with Crippen molar-refractivity contribution in [2.24, 2.45) is 0 Å². The fourth-order valence-corrected chi connectivity index (χ4v) is 2.40. The number of aliphatic hydroxyl groups is 1. The summed E-state index contributed by atoms with van der Waals surface area (Å²) >= 11 is 5.36. The van der Waals surface area contributed by atoms with E-state index in [2.05, 4.69) is 0 Å². The van der Waals surface area contributed by atoms with Crippen molar-refractivity contribution in [3.8, 4) is 0 Å². The van der Waals surface area contributed by atoms with Gasteiger partial charge >= 0.3 is 11.9 Å². The third kappa shape index (κ3) is 6.19. The molecular weight excluding hydrogens is 370 g/mol. The first kappa shape index (κ1) is 22.3. The molecule has 0 radical (unpaired) electrons. The summed E-state index contributed by atoms with van der Waals surface area (Å²) in [6.07, 6.45) is -1.73. The number of rotatable bonds is 10. The standard InChI is InChI=1S/C17H23ClF2N2O4/c1-3-7-13(22-18)14(23)17(19,20)16(25)21-11(2)15(24)26-10-12-8-5-4-6-9-12/h4-6,8-9,11,13-14,22-23H,3,7,10H2,1-2H3,(H,21,25)/t11-,13-,14?/m0/s1. The van der Waals surface area contributed by atoms with E-state index in [1.54, 1.807) is 37.3 Å². The highest BCUT2D eigenvalue weighted by atomic mass is 35.5. The Bertz CT molecular complexity index is 589. The number of carbonyl (C=O) groups is 2. The average molecular weight is 393 g/mol. The number of hydrogen-bond donors (Lipinski definition) is 3. The number of benzene rings is 1. The molecule has 1 rings (SSSR count). The molecule has 3 atom stereocenters. The van der Waals surface area contributed by atoms with Gasteiger partial charge in [-0.2, -0.15) is 8.78 Å². The van der Waals surface area contributed by atoms with Gasteiger partial charge in [-0.05, 0) is 30.7 Å². The number of halogens is 3. The quantitative estimate of drug-likeness (QED) is 0.419. The summed E-state index contributed by atoms with van der Waals surface area (Å²) in [5, 5.41) is 11.6. The van der Waals surface area contributed by atoms with Crippen LogP contribution in [0, 0.1) is 0 Å². The topological polar surface area (TPSA) is 87.7 Å². The van der Waals surface area contributed by atoms with Crippen LogP contribution in [-0.4, -0.2) is 41.1 Å². The zero-order chi connectivity index (χ0) is 19.7. The van der Waals surface area contributed by atoms with Gasteiger partial charge in [-0.3, -0.25) is 4.79 Å². The minimum atomic E-state index is -4.13. The fourth-order valence-electron chi connectivity index (χ4n) is 2.18. The second-order valence-corrected chi connectivity index (χ2v) is 6.08. The molecule has 0 aliphatic rings. The van der Waals surface area contributed by atoms with Gasteiger partial charge in [-0.1, -0.05) is 43.7 Å². The van der Waals surface area contributed by atoms with Gasteiger partial charge in [0.1, 0.15) is 18.8 Å². The first-order valence-electron chi connectivity index (χ1n) is 8.17. The number of ether oxygens (including phenoxy) is 1. The normalized spacial score (nSPS) is 15.0. The Labute approximate surface area is 156 Å². The van der Waals surface area contributed by atoms with E-state index in [9.17, 15) is 23.5 Å². The third-order valence-corrected chi connectivity index (χ3v) is 4.00. The van der Waals surface area contributed by atoms with Crippen molar-refractivity contribution in [2.75, 3.05) is 0 Å². The molecule has 0 saturated heterocycles. The number of esters is 1. The van der Waals surface area contributed by atoms with E-state index >= 15 is 0 Å². The summed E-state index contributed by atoms with van der Waals surface area (Å²) in [7, 11) is 0. The number of carbonyl (C=O) groups excluding carboxylic acids is 2. The molecular formula is C17H23ClF2N2O4. The lowest BCUT2D eigenvalue weighted by Crippen LogP contribution is -2.57. The highest BCUT2D eigenvalue weighted by Crippen LogP contribution is 2.24. The van der Waals surface area contributed by atoms with Crippen LogP contribution in [0.4, 0.5) is 8.78 Å². The van der Waals surface area contributed by atoms with Crippen LogP contribution < -0.4 is 10.2 Å². The van der Waals surface area contributed by atoms with Crippen molar-refractivity contribution < 1.29 is 28.2 Å². The van der Waals surface area contributed by atoms with Crippen LogP contribution in [0.5, 0.6) is 0 Å². The molecule has 1 aromatic carbocycles. The SMILES string of the molecule is CCC[C@H](NCl)C(O)C(F)(F)C(=O)N[C@@H](C)C(=O)OCc1ccccc1. The number of amides is 1. The molecule has 0 fully saturated rings. The Morgan fingerprint density at radius 2 is 1.92 bits per heavy atom. The predicted molar refractivity (Wildman–Crippen MR) is 92.5 cm³/mol. The smallest absolute Gasteiger partial charge is 0.351 e.